The molecular weight excluding hydrogens is 272 g/mol. The number of hydrogen-bond acceptors (Lipinski definition) is 4. The Morgan fingerprint density at radius 2 is 1.90 bits per heavy atom. The summed E-state index contributed by atoms with van der Waals surface area (Å²) < 4.78 is 4.65. The summed E-state index contributed by atoms with van der Waals surface area (Å²) in [7, 11) is 1.26. The first-order chi connectivity index (χ1) is 10.0. The quantitative estimate of drug-likeness (QED) is 0.841. The molecule has 1 aromatic carbocycles. The molecule has 21 heavy (non-hydrogen) atoms. The van der Waals surface area contributed by atoms with Crippen LogP contribution in [-0.2, 0) is 4.74 Å². The Morgan fingerprint density at radius 1 is 1.19 bits per heavy atom. The van der Waals surface area contributed by atoms with E-state index in [1.54, 1.807) is 25.1 Å². The van der Waals surface area contributed by atoms with Gasteiger partial charge in [-0.25, -0.2) is 4.79 Å². The van der Waals surface area contributed by atoms with Gasteiger partial charge in [0.2, 0.25) is 0 Å². The number of aromatic nitrogens is 1. The molecule has 0 fully saturated rings. The number of carbonyl (C=O) groups excluding carboxylic acids is 2. The molecule has 0 bridgehead atoms. The number of ether oxygens (including phenoxy) is 1. The number of carbonyl (C=O) groups is 2. The maximum atomic E-state index is 12.1. The van der Waals surface area contributed by atoms with Crippen LogP contribution in [0.15, 0.2) is 41.3 Å². The highest BCUT2D eigenvalue weighted by Crippen LogP contribution is 2.16. The van der Waals surface area contributed by atoms with E-state index in [0.29, 0.717) is 5.69 Å². The van der Waals surface area contributed by atoms with Gasteiger partial charge in [0.05, 0.1) is 18.4 Å². The highest BCUT2D eigenvalue weighted by Gasteiger charge is 2.15. The molecule has 1 heterocycles. The Balaban J connectivity index is 2.32. The minimum Gasteiger partial charge on any atom is -0.465 e. The van der Waals surface area contributed by atoms with Crippen molar-refractivity contribution in [2.75, 3.05) is 12.4 Å². The molecule has 0 aliphatic heterocycles. The monoisotopic (exact) mass is 286 g/mol. The van der Waals surface area contributed by atoms with Crippen LogP contribution in [0.4, 0.5) is 5.69 Å². The zero-order valence-electron chi connectivity index (χ0n) is 11.6. The summed E-state index contributed by atoms with van der Waals surface area (Å²) in [5.74, 6) is -1.16. The van der Waals surface area contributed by atoms with Crippen molar-refractivity contribution in [3.05, 3.63) is 63.6 Å². The van der Waals surface area contributed by atoms with E-state index in [9.17, 15) is 14.4 Å². The van der Waals surface area contributed by atoms with Crippen LogP contribution in [0.2, 0.25) is 0 Å². The van der Waals surface area contributed by atoms with E-state index < -0.39 is 11.9 Å². The van der Waals surface area contributed by atoms with Gasteiger partial charge in [0.1, 0.15) is 5.56 Å². The van der Waals surface area contributed by atoms with Crippen molar-refractivity contribution in [1.82, 2.24) is 4.98 Å². The number of rotatable bonds is 3. The van der Waals surface area contributed by atoms with E-state index in [1.807, 2.05) is 0 Å². The van der Waals surface area contributed by atoms with Gasteiger partial charge in [0.15, 0.2) is 5.43 Å². The van der Waals surface area contributed by atoms with Crippen LogP contribution in [0.3, 0.4) is 0 Å². The smallest absolute Gasteiger partial charge is 0.339 e. The van der Waals surface area contributed by atoms with Crippen LogP contribution in [0.25, 0.3) is 0 Å². The number of amides is 1. The standard InChI is InChI=1S/C15H14N2O4/c1-9-7-13(18)11(8-16-9)14(19)17-12-6-4-3-5-10(12)15(20)21-2/h3-8H,1-2H3,(H,16,18)(H,17,19). The van der Waals surface area contributed by atoms with E-state index >= 15 is 0 Å². The number of aryl methyl sites for hydroxylation is 1. The van der Waals surface area contributed by atoms with Crippen LogP contribution in [0.5, 0.6) is 0 Å². The van der Waals surface area contributed by atoms with E-state index in [0.717, 1.165) is 0 Å². The lowest BCUT2D eigenvalue weighted by molar-refractivity contribution is 0.0602. The Morgan fingerprint density at radius 3 is 2.57 bits per heavy atom. The molecule has 0 saturated carbocycles. The van der Waals surface area contributed by atoms with Gasteiger partial charge >= 0.3 is 5.97 Å². The van der Waals surface area contributed by atoms with Crippen molar-refractivity contribution in [3.63, 3.8) is 0 Å². The summed E-state index contributed by atoms with van der Waals surface area (Å²) in [5, 5.41) is 2.54. The summed E-state index contributed by atoms with van der Waals surface area (Å²) in [5.41, 5.74) is 0.747. The molecule has 0 aliphatic carbocycles. The number of benzene rings is 1. The number of pyridine rings is 1. The molecule has 1 aromatic heterocycles. The van der Waals surface area contributed by atoms with Gasteiger partial charge in [-0.15, -0.1) is 0 Å². The van der Waals surface area contributed by atoms with Crippen LogP contribution >= 0.6 is 0 Å². The number of methoxy groups -OCH3 is 1. The van der Waals surface area contributed by atoms with Gasteiger partial charge in [-0.05, 0) is 19.1 Å². The van der Waals surface area contributed by atoms with Crippen molar-refractivity contribution in [1.29, 1.82) is 0 Å². The lowest BCUT2D eigenvalue weighted by atomic mass is 10.1. The van der Waals surface area contributed by atoms with Crippen molar-refractivity contribution in [3.8, 4) is 0 Å². The Hall–Kier alpha value is -2.89. The second kappa shape index (κ2) is 6.04. The van der Waals surface area contributed by atoms with Gasteiger partial charge in [-0.1, -0.05) is 12.1 Å². The average Bonchev–Trinajstić information content (AvgIpc) is 2.46. The van der Waals surface area contributed by atoms with E-state index in [-0.39, 0.29) is 22.2 Å². The molecule has 2 rings (SSSR count). The molecule has 0 aliphatic rings. The van der Waals surface area contributed by atoms with E-state index in [2.05, 4.69) is 15.0 Å². The first kappa shape index (κ1) is 14.5. The normalized spacial score (nSPS) is 10.0. The molecule has 108 valence electrons. The summed E-state index contributed by atoms with van der Waals surface area (Å²) in [6.07, 6.45) is 1.34. The fourth-order valence-corrected chi connectivity index (χ4v) is 1.82. The summed E-state index contributed by atoms with van der Waals surface area (Å²) in [6, 6.07) is 7.75. The Kier molecular flexibility index (Phi) is 4.18. The SMILES string of the molecule is COC(=O)c1ccccc1NC(=O)c1c[nH]c(C)cc1=O. The highest BCUT2D eigenvalue weighted by molar-refractivity contribution is 6.07. The molecule has 0 atom stereocenters. The number of nitrogens with one attached hydrogen (secondary N) is 2. The summed E-state index contributed by atoms with van der Waals surface area (Å²) >= 11 is 0. The first-order valence-corrected chi connectivity index (χ1v) is 6.21. The highest BCUT2D eigenvalue weighted by atomic mass is 16.5. The molecular formula is C15H14N2O4. The molecule has 2 N–H and O–H groups in total. The molecule has 0 radical (unpaired) electrons. The average molecular weight is 286 g/mol. The number of esters is 1. The van der Waals surface area contributed by atoms with Gasteiger partial charge in [-0.2, -0.15) is 0 Å². The molecule has 0 unspecified atom stereocenters. The van der Waals surface area contributed by atoms with E-state index in [1.165, 1.54) is 25.4 Å². The van der Waals surface area contributed by atoms with Crippen LogP contribution < -0.4 is 10.7 Å². The van der Waals surface area contributed by atoms with Crippen molar-refractivity contribution in [2.24, 2.45) is 0 Å². The third-order valence-corrected chi connectivity index (χ3v) is 2.88. The number of hydrogen-bond donors (Lipinski definition) is 2. The molecule has 1 amide bonds. The van der Waals surface area contributed by atoms with Crippen molar-refractivity contribution in [2.45, 2.75) is 6.92 Å². The fraction of sp³-hybridized carbons (Fsp3) is 0.133. The van der Waals surface area contributed by atoms with Gasteiger partial charge in [-0.3, -0.25) is 9.59 Å². The zero-order chi connectivity index (χ0) is 15.4. The maximum Gasteiger partial charge on any atom is 0.339 e. The molecule has 0 saturated heterocycles. The predicted molar refractivity (Wildman–Crippen MR) is 77.5 cm³/mol. The number of H-pyrrole nitrogens is 1. The second-order valence-corrected chi connectivity index (χ2v) is 4.39. The van der Waals surface area contributed by atoms with Crippen molar-refractivity contribution >= 4 is 17.6 Å². The fourth-order valence-electron chi connectivity index (χ4n) is 1.82. The zero-order valence-corrected chi connectivity index (χ0v) is 11.6. The Labute approximate surface area is 120 Å². The third kappa shape index (κ3) is 3.17. The molecule has 6 heteroatoms. The van der Waals surface area contributed by atoms with Gasteiger partial charge in [0.25, 0.3) is 5.91 Å². The molecule has 6 nitrogen and oxygen atoms in total. The van der Waals surface area contributed by atoms with Crippen LogP contribution in [-0.4, -0.2) is 24.0 Å². The Bertz CT molecular complexity index is 749. The largest absolute Gasteiger partial charge is 0.465 e. The number of para-hydroxylation sites is 1. The lowest BCUT2D eigenvalue weighted by Crippen LogP contribution is -2.22. The van der Waals surface area contributed by atoms with Gasteiger partial charge < -0.3 is 15.0 Å². The van der Waals surface area contributed by atoms with Gasteiger partial charge in [0, 0.05) is 18.0 Å². The summed E-state index contributed by atoms with van der Waals surface area (Å²) in [6.45, 7) is 1.72. The van der Waals surface area contributed by atoms with Crippen molar-refractivity contribution < 1.29 is 14.3 Å². The first-order valence-electron chi connectivity index (χ1n) is 6.21. The number of aromatic amines is 1. The van der Waals surface area contributed by atoms with Crippen LogP contribution in [0, 0.1) is 6.92 Å². The van der Waals surface area contributed by atoms with Crippen LogP contribution in [0.1, 0.15) is 26.4 Å². The maximum absolute atomic E-state index is 12.1. The molecule has 2 aromatic rings. The third-order valence-electron chi connectivity index (χ3n) is 2.88. The predicted octanol–water partition coefficient (Wildman–Crippen LogP) is 1.72. The minimum absolute atomic E-state index is 0.0275. The summed E-state index contributed by atoms with van der Waals surface area (Å²) in [4.78, 5) is 38.3. The minimum atomic E-state index is -0.590. The lowest BCUT2D eigenvalue weighted by Gasteiger charge is -2.09. The number of anilines is 1. The topological polar surface area (TPSA) is 88.3 Å². The molecule has 0 spiro atoms. The second-order valence-electron chi connectivity index (χ2n) is 4.39. The van der Waals surface area contributed by atoms with E-state index in [4.69, 9.17) is 0 Å².